The van der Waals surface area contributed by atoms with E-state index in [9.17, 15) is 9.18 Å². The van der Waals surface area contributed by atoms with Gasteiger partial charge in [-0.15, -0.1) is 0 Å². The molecule has 1 rings (SSSR count). The topological polar surface area (TPSA) is 69.1 Å². The molecule has 0 aromatic carbocycles. The highest BCUT2D eigenvalue weighted by molar-refractivity contribution is 5.94. The monoisotopic (exact) mass is 170 g/mol. The summed E-state index contributed by atoms with van der Waals surface area (Å²) in [5.74, 6) is -0.671. The molecule has 1 aliphatic rings. The Morgan fingerprint density at radius 3 is 2.75 bits per heavy atom. The molecule has 66 valence electrons. The lowest BCUT2D eigenvalue weighted by molar-refractivity contribution is -0.115. The van der Waals surface area contributed by atoms with Crippen molar-refractivity contribution < 1.29 is 9.18 Å². The molecule has 0 aliphatic heterocycles. The number of hydrogen-bond acceptors (Lipinski definition) is 2. The Morgan fingerprint density at radius 1 is 1.75 bits per heavy atom. The third kappa shape index (κ3) is 1.38. The van der Waals surface area contributed by atoms with Crippen LogP contribution >= 0.6 is 0 Å². The van der Waals surface area contributed by atoms with Gasteiger partial charge in [-0.25, -0.2) is 4.39 Å². The van der Waals surface area contributed by atoms with Crippen molar-refractivity contribution in [3.63, 3.8) is 0 Å². The maximum Gasteiger partial charge on any atom is 0.246 e. The second kappa shape index (κ2) is 2.71. The lowest BCUT2D eigenvalue weighted by atomic mass is 9.88. The summed E-state index contributed by atoms with van der Waals surface area (Å²) in [5, 5.41) is 0. The van der Waals surface area contributed by atoms with Gasteiger partial charge in [-0.1, -0.05) is 12.2 Å². The number of primary amides is 1. The molecule has 2 atom stereocenters. The second-order valence-electron chi connectivity index (χ2n) is 2.97. The molecule has 0 spiro atoms. The van der Waals surface area contributed by atoms with E-state index in [1.807, 2.05) is 0 Å². The van der Waals surface area contributed by atoms with Crippen LogP contribution in [0.25, 0.3) is 0 Å². The van der Waals surface area contributed by atoms with Crippen LogP contribution in [0.1, 0.15) is 6.92 Å². The van der Waals surface area contributed by atoms with Gasteiger partial charge < -0.3 is 11.5 Å². The van der Waals surface area contributed by atoms with Gasteiger partial charge in [-0.05, 0) is 13.0 Å². The van der Waals surface area contributed by atoms with Crippen molar-refractivity contribution in [2.45, 2.75) is 18.6 Å². The number of allylic oxidation sites excluding steroid dienone is 2. The maximum absolute atomic E-state index is 13.4. The number of halogens is 1. The van der Waals surface area contributed by atoms with Crippen molar-refractivity contribution in [1.82, 2.24) is 0 Å². The first-order valence-corrected chi connectivity index (χ1v) is 3.59. The number of carbonyl (C=O) groups excluding carboxylic acids is 1. The quantitative estimate of drug-likeness (QED) is 0.582. The van der Waals surface area contributed by atoms with Crippen molar-refractivity contribution in [1.29, 1.82) is 0 Å². The van der Waals surface area contributed by atoms with Crippen LogP contribution in [-0.4, -0.2) is 17.6 Å². The van der Waals surface area contributed by atoms with Crippen molar-refractivity contribution in [3.8, 4) is 0 Å². The van der Waals surface area contributed by atoms with Crippen LogP contribution in [0.5, 0.6) is 0 Å². The average molecular weight is 170 g/mol. The first-order valence-electron chi connectivity index (χ1n) is 3.59. The highest BCUT2D eigenvalue weighted by atomic mass is 19.1. The van der Waals surface area contributed by atoms with Crippen molar-refractivity contribution in [2.75, 3.05) is 0 Å². The van der Waals surface area contributed by atoms with E-state index in [-0.39, 0.29) is 5.57 Å². The molecule has 0 saturated heterocycles. The number of nitrogens with two attached hydrogens (primary N) is 2. The van der Waals surface area contributed by atoms with Gasteiger partial charge in [0, 0.05) is 5.57 Å². The van der Waals surface area contributed by atoms with Crippen LogP contribution < -0.4 is 11.5 Å². The van der Waals surface area contributed by atoms with E-state index < -0.39 is 17.6 Å². The Morgan fingerprint density at radius 2 is 2.33 bits per heavy atom. The van der Waals surface area contributed by atoms with Crippen LogP contribution in [0.15, 0.2) is 23.8 Å². The molecule has 0 saturated carbocycles. The molecule has 0 radical (unpaired) electrons. The first kappa shape index (κ1) is 8.93. The molecule has 12 heavy (non-hydrogen) atoms. The molecule has 0 heterocycles. The minimum atomic E-state index is -1.68. The zero-order valence-electron chi connectivity index (χ0n) is 6.75. The summed E-state index contributed by atoms with van der Waals surface area (Å²) >= 11 is 0. The Balaban J connectivity index is 2.99. The SMILES string of the molecule is CC1(F)C=CC=C(C(N)=O)C1N. The second-order valence-corrected chi connectivity index (χ2v) is 2.97. The molecule has 4 N–H and O–H groups in total. The minimum absolute atomic E-state index is 0.127. The van der Waals surface area contributed by atoms with Crippen LogP contribution in [0.3, 0.4) is 0 Å². The van der Waals surface area contributed by atoms with E-state index in [1.165, 1.54) is 25.2 Å². The fraction of sp³-hybridized carbons (Fsp3) is 0.375. The lowest BCUT2D eigenvalue weighted by Crippen LogP contribution is -2.46. The fourth-order valence-corrected chi connectivity index (χ4v) is 1.09. The molecule has 0 bridgehead atoms. The van der Waals surface area contributed by atoms with Crippen LogP contribution in [0.2, 0.25) is 0 Å². The largest absolute Gasteiger partial charge is 0.366 e. The number of hydrogen-bond donors (Lipinski definition) is 2. The van der Waals surface area contributed by atoms with E-state index in [2.05, 4.69) is 0 Å². The van der Waals surface area contributed by atoms with Gasteiger partial charge in [0.15, 0.2) is 0 Å². The van der Waals surface area contributed by atoms with Crippen LogP contribution in [-0.2, 0) is 4.79 Å². The standard InChI is InChI=1S/C8H11FN2O/c1-8(9)4-2-3-5(6(8)10)7(11)12/h2-4,6H,10H2,1H3,(H2,11,12). The number of amides is 1. The molecule has 3 nitrogen and oxygen atoms in total. The van der Waals surface area contributed by atoms with Crippen molar-refractivity contribution in [3.05, 3.63) is 23.8 Å². The summed E-state index contributed by atoms with van der Waals surface area (Å²) in [5.41, 5.74) is 8.90. The highest BCUT2D eigenvalue weighted by Gasteiger charge is 2.35. The summed E-state index contributed by atoms with van der Waals surface area (Å²) in [6.07, 6.45) is 4.20. The van der Waals surface area contributed by atoms with Gasteiger partial charge in [-0.3, -0.25) is 4.79 Å². The molecule has 1 amide bonds. The van der Waals surface area contributed by atoms with Gasteiger partial charge in [0.1, 0.15) is 5.67 Å². The lowest BCUT2D eigenvalue weighted by Gasteiger charge is -2.27. The molecule has 4 heteroatoms. The third-order valence-electron chi connectivity index (χ3n) is 1.93. The molecular weight excluding hydrogens is 159 g/mol. The summed E-state index contributed by atoms with van der Waals surface area (Å²) in [6, 6.07) is -0.958. The summed E-state index contributed by atoms with van der Waals surface area (Å²) in [7, 11) is 0. The number of carbonyl (C=O) groups is 1. The number of rotatable bonds is 1. The van der Waals surface area contributed by atoms with Gasteiger partial charge in [0.25, 0.3) is 0 Å². The molecule has 0 aromatic rings. The zero-order valence-corrected chi connectivity index (χ0v) is 6.75. The molecule has 0 aromatic heterocycles. The molecular formula is C8H11FN2O. The van der Waals surface area contributed by atoms with Gasteiger partial charge >= 0.3 is 0 Å². The van der Waals surface area contributed by atoms with Gasteiger partial charge in [0.2, 0.25) is 5.91 Å². The Bertz CT molecular complexity index is 268. The highest BCUT2D eigenvalue weighted by Crippen LogP contribution is 2.25. The van der Waals surface area contributed by atoms with E-state index in [0.29, 0.717) is 0 Å². The van der Waals surface area contributed by atoms with E-state index >= 15 is 0 Å². The minimum Gasteiger partial charge on any atom is -0.366 e. The predicted molar refractivity (Wildman–Crippen MR) is 43.9 cm³/mol. The van der Waals surface area contributed by atoms with Gasteiger partial charge in [-0.2, -0.15) is 0 Å². The molecule has 0 fully saturated rings. The van der Waals surface area contributed by atoms with E-state index in [1.54, 1.807) is 0 Å². The van der Waals surface area contributed by atoms with Gasteiger partial charge in [0.05, 0.1) is 6.04 Å². The van der Waals surface area contributed by atoms with Crippen molar-refractivity contribution in [2.24, 2.45) is 11.5 Å². The zero-order chi connectivity index (χ0) is 9.35. The predicted octanol–water partition coefficient (Wildman–Crippen LogP) is 0.0234. The smallest absolute Gasteiger partial charge is 0.246 e. The third-order valence-corrected chi connectivity index (χ3v) is 1.93. The summed E-state index contributed by atoms with van der Waals surface area (Å²) in [6.45, 7) is 1.31. The molecule has 1 aliphatic carbocycles. The van der Waals surface area contributed by atoms with Crippen molar-refractivity contribution >= 4 is 5.91 Å². The summed E-state index contributed by atoms with van der Waals surface area (Å²) in [4.78, 5) is 10.7. The first-order chi connectivity index (χ1) is 5.45. The van der Waals surface area contributed by atoms with Crippen LogP contribution in [0.4, 0.5) is 4.39 Å². The fourth-order valence-electron chi connectivity index (χ4n) is 1.09. The Kier molecular flexibility index (Phi) is 2.02. The normalized spacial score (nSPS) is 34.6. The maximum atomic E-state index is 13.4. The van der Waals surface area contributed by atoms with E-state index in [0.717, 1.165) is 0 Å². The molecule has 2 unspecified atom stereocenters. The summed E-state index contributed by atoms with van der Waals surface area (Å²) < 4.78 is 13.4. The Labute approximate surface area is 69.9 Å². The van der Waals surface area contributed by atoms with E-state index in [4.69, 9.17) is 11.5 Å². The number of alkyl halides is 1. The van der Waals surface area contributed by atoms with Crippen LogP contribution in [0, 0.1) is 0 Å². The Hall–Kier alpha value is -1.16. The average Bonchev–Trinajstić information content (AvgIpc) is 1.94.